The molecular weight excluding hydrogens is 242 g/mol. The maximum absolute atomic E-state index is 5.71. The summed E-state index contributed by atoms with van der Waals surface area (Å²) in [6.07, 6.45) is 7.58. The number of thiocarbonyl (C=S) groups is 1. The molecule has 3 nitrogen and oxygen atoms in total. The van der Waals surface area contributed by atoms with Crippen molar-refractivity contribution in [1.82, 2.24) is 9.80 Å². The second kappa shape index (κ2) is 5.06. The molecule has 4 heteroatoms. The van der Waals surface area contributed by atoms with Crippen molar-refractivity contribution >= 4 is 17.2 Å². The lowest BCUT2D eigenvalue weighted by Gasteiger charge is -2.49. The average molecular weight is 269 g/mol. The molecule has 0 aromatic heterocycles. The first-order valence-corrected chi connectivity index (χ1v) is 7.43. The van der Waals surface area contributed by atoms with E-state index in [1.54, 1.807) is 0 Å². The summed E-state index contributed by atoms with van der Waals surface area (Å²) in [6, 6.07) is 0. The molecule has 2 aliphatic rings. The Bertz CT molecular complexity index is 319. The van der Waals surface area contributed by atoms with E-state index in [1.165, 1.54) is 38.6 Å². The van der Waals surface area contributed by atoms with Gasteiger partial charge in [0.25, 0.3) is 0 Å². The van der Waals surface area contributed by atoms with Gasteiger partial charge in [-0.15, -0.1) is 0 Å². The Morgan fingerprint density at radius 1 is 1.11 bits per heavy atom. The van der Waals surface area contributed by atoms with Crippen molar-refractivity contribution in [3.8, 4) is 0 Å². The van der Waals surface area contributed by atoms with Crippen LogP contribution in [0, 0.1) is 5.41 Å². The first-order chi connectivity index (χ1) is 8.38. The molecule has 0 aliphatic heterocycles. The lowest BCUT2D eigenvalue weighted by molar-refractivity contribution is 0.0231. The maximum Gasteiger partial charge on any atom is 0.0733 e. The first kappa shape index (κ1) is 14.2. The molecule has 0 radical (unpaired) electrons. The molecule has 2 aliphatic carbocycles. The highest BCUT2D eigenvalue weighted by molar-refractivity contribution is 7.80. The minimum atomic E-state index is 0.415. The van der Waals surface area contributed by atoms with Gasteiger partial charge in [0.05, 0.1) is 4.99 Å². The van der Waals surface area contributed by atoms with Crippen LogP contribution in [0.1, 0.15) is 38.5 Å². The molecule has 2 fully saturated rings. The predicted molar refractivity (Wildman–Crippen MR) is 80.8 cm³/mol. The molecule has 104 valence electrons. The van der Waals surface area contributed by atoms with E-state index in [0.717, 1.165) is 13.0 Å². The van der Waals surface area contributed by atoms with Gasteiger partial charge in [-0.3, -0.25) is 0 Å². The minimum Gasteiger partial charge on any atom is -0.393 e. The normalized spacial score (nSPS) is 24.1. The SMILES string of the molecule is CN(CC1(CC(N)=S)CC1)CC1(N(C)C)CCC1. The standard InChI is InChI=1S/C14H27N3S/c1-16(2)14(5-4-6-14)11-17(3)10-13(7-8-13)9-12(15)18/h4-11H2,1-3H3,(H2,15,18). The minimum absolute atomic E-state index is 0.415. The van der Waals surface area contributed by atoms with E-state index in [0.29, 0.717) is 15.9 Å². The number of nitrogens with zero attached hydrogens (tertiary/aromatic N) is 2. The fourth-order valence-electron chi connectivity index (χ4n) is 3.40. The van der Waals surface area contributed by atoms with Gasteiger partial charge >= 0.3 is 0 Å². The van der Waals surface area contributed by atoms with Gasteiger partial charge in [0.2, 0.25) is 0 Å². The van der Waals surface area contributed by atoms with Crippen LogP contribution >= 0.6 is 12.2 Å². The third-order valence-electron chi connectivity index (χ3n) is 4.91. The summed E-state index contributed by atoms with van der Waals surface area (Å²) < 4.78 is 0. The largest absolute Gasteiger partial charge is 0.393 e. The predicted octanol–water partition coefficient (Wildman–Crippen LogP) is 1.86. The smallest absolute Gasteiger partial charge is 0.0733 e. The Hall–Kier alpha value is -0.190. The summed E-state index contributed by atoms with van der Waals surface area (Å²) in [6.45, 7) is 2.33. The van der Waals surface area contributed by atoms with Crippen LogP contribution in [-0.4, -0.2) is 54.6 Å². The third-order valence-corrected chi connectivity index (χ3v) is 5.05. The molecule has 2 saturated carbocycles. The summed E-state index contributed by atoms with van der Waals surface area (Å²) >= 11 is 5.07. The average Bonchev–Trinajstić information content (AvgIpc) is 2.89. The van der Waals surface area contributed by atoms with Crippen LogP contribution in [-0.2, 0) is 0 Å². The van der Waals surface area contributed by atoms with Crippen molar-refractivity contribution in [1.29, 1.82) is 0 Å². The van der Waals surface area contributed by atoms with E-state index in [9.17, 15) is 0 Å². The fourth-order valence-corrected chi connectivity index (χ4v) is 3.71. The highest BCUT2D eigenvalue weighted by Crippen LogP contribution is 2.49. The molecule has 0 aromatic rings. The topological polar surface area (TPSA) is 32.5 Å². The lowest BCUT2D eigenvalue weighted by atomic mass is 9.75. The molecule has 0 unspecified atom stereocenters. The molecule has 2 N–H and O–H groups in total. The van der Waals surface area contributed by atoms with Crippen LogP contribution in [0.25, 0.3) is 0 Å². The lowest BCUT2D eigenvalue weighted by Crippen LogP contribution is -2.57. The third kappa shape index (κ3) is 3.03. The van der Waals surface area contributed by atoms with E-state index in [-0.39, 0.29) is 0 Å². The number of nitrogens with two attached hydrogens (primary N) is 1. The quantitative estimate of drug-likeness (QED) is 0.715. The van der Waals surface area contributed by atoms with Crippen molar-refractivity contribution in [3.05, 3.63) is 0 Å². The Labute approximate surface area is 117 Å². The summed E-state index contributed by atoms with van der Waals surface area (Å²) in [7, 11) is 6.69. The number of likely N-dealkylation sites (N-methyl/N-ethyl adjacent to an activating group) is 2. The summed E-state index contributed by atoms with van der Waals surface area (Å²) in [5, 5.41) is 0. The zero-order valence-electron chi connectivity index (χ0n) is 12.0. The molecule has 0 spiro atoms. The zero-order chi connectivity index (χ0) is 13.4. The van der Waals surface area contributed by atoms with Crippen molar-refractivity contribution in [2.24, 2.45) is 11.1 Å². The molecule has 2 rings (SSSR count). The van der Waals surface area contributed by atoms with E-state index in [2.05, 4.69) is 30.9 Å². The van der Waals surface area contributed by atoms with Gasteiger partial charge in [-0.1, -0.05) is 12.2 Å². The van der Waals surface area contributed by atoms with E-state index in [4.69, 9.17) is 18.0 Å². The van der Waals surface area contributed by atoms with E-state index in [1.807, 2.05) is 0 Å². The molecule has 0 heterocycles. The number of rotatable bonds is 7. The van der Waals surface area contributed by atoms with Gasteiger partial charge in [0.15, 0.2) is 0 Å². The number of hydrogen-bond acceptors (Lipinski definition) is 3. The van der Waals surface area contributed by atoms with Crippen LogP contribution in [0.15, 0.2) is 0 Å². The molecule has 0 atom stereocenters. The second-order valence-corrected chi connectivity index (χ2v) is 7.31. The Kier molecular flexibility index (Phi) is 4.00. The van der Waals surface area contributed by atoms with Crippen LogP contribution in [0.5, 0.6) is 0 Å². The Balaban J connectivity index is 1.85. The van der Waals surface area contributed by atoms with Crippen LogP contribution in [0.4, 0.5) is 0 Å². The maximum atomic E-state index is 5.71. The van der Waals surface area contributed by atoms with E-state index < -0.39 is 0 Å². The molecule has 18 heavy (non-hydrogen) atoms. The van der Waals surface area contributed by atoms with Gasteiger partial charge < -0.3 is 15.5 Å². The summed E-state index contributed by atoms with van der Waals surface area (Å²) in [5.74, 6) is 0. The van der Waals surface area contributed by atoms with Gasteiger partial charge in [-0.25, -0.2) is 0 Å². The van der Waals surface area contributed by atoms with Crippen molar-refractivity contribution < 1.29 is 0 Å². The summed E-state index contributed by atoms with van der Waals surface area (Å²) in [4.78, 5) is 5.61. The second-order valence-electron chi connectivity index (χ2n) is 6.79. The van der Waals surface area contributed by atoms with Crippen LogP contribution in [0.3, 0.4) is 0 Å². The van der Waals surface area contributed by atoms with Gasteiger partial charge in [0.1, 0.15) is 0 Å². The molecular formula is C14H27N3S. The molecule has 0 amide bonds. The molecule has 0 bridgehead atoms. The first-order valence-electron chi connectivity index (χ1n) is 7.02. The van der Waals surface area contributed by atoms with E-state index >= 15 is 0 Å². The highest BCUT2D eigenvalue weighted by Gasteiger charge is 2.46. The fraction of sp³-hybridized carbons (Fsp3) is 0.929. The monoisotopic (exact) mass is 269 g/mol. The van der Waals surface area contributed by atoms with Gasteiger partial charge in [-0.05, 0) is 58.7 Å². The van der Waals surface area contributed by atoms with Crippen LogP contribution in [0.2, 0.25) is 0 Å². The van der Waals surface area contributed by atoms with Crippen molar-refractivity contribution in [2.45, 2.75) is 44.1 Å². The molecule has 0 aromatic carbocycles. The Morgan fingerprint density at radius 3 is 2.06 bits per heavy atom. The number of hydrogen-bond donors (Lipinski definition) is 1. The van der Waals surface area contributed by atoms with Crippen molar-refractivity contribution in [3.63, 3.8) is 0 Å². The van der Waals surface area contributed by atoms with Crippen molar-refractivity contribution in [2.75, 3.05) is 34.2 Å². The van der Waals surface area contributed by atoms with Gasteiger partial charge in [0, 0.05) is 25.0 Å². The highest BCUT2D eigenvalue weighted by atomic mass is 32.1. The van der Waals surface area contributed by atoms with Gasteiger partial charge in [-0.2, -0.15) is 0 Å². The van der Waals surface area contributed by atoms with Crippen LogP contribution < -0.4 is 5.73 Å². The summed E-state index contributed by atoms with van der Waals surface area (Å²) in [5.41, 5.74) is 6.55. The molecule has 0 saturated heterocycles. The Morgan fingerprint density at radius 2 is 1.72 bits per heavy atom. The zero-order valence-corrected chi connectivity index (χ0v) is 12.9.